The molecule has 0 saturated heterocycles. The Bertz CT molecular complexity index is 935. The molecule has 1 amide bonds. The third-order valence-corrected chi connectivity index (χ3v) is 5.42. The first-order valence-corrected chi connectivity index (χ1v) is 8.58. The molecule has 8 heteroatoms. The van der Waals surface area contributed by atoms with E-state index in [1.54, 1.807) is 19.1 Å². The van der Waals surface area contributed by atoms with E-state index in [9.17, 15) is 19.1 Å². The number of amides is 1. The molecule has 0 bridgehead atoms. The molecule has 3 rings (SSSR count). The molecule has 0 aromatic carbocycles. The van der Waals surface area contributed by atoms with Crippen molar-refractivity contribution in [1.82, 2.24) is 4.90 Å². The number of aliphatic carboxylic acids is 1. The van der Waals surface area contributed by atoms with E-state index in [4.69, 9.17) is 10.00 Å². The van der Waals surface area contributed by atoms with Gasteiger partial charge in [0.1, 0.15) is 16.8 Å². The van der Waals surface area contributed by atoms with Crippen LogP contribution in [0.3, 0.4) is 0 Å². The minimum atomic E-state index is -1.04. The van der Waals surface area contributed by atoms with Crippen LogP contribution in [0.2, 0.25) is 0 Å². The number of allylic oxidation sites excluding steroid dienone is 2. The van der Waals surface area contributed by atoms with Gasteiger partial charge in [-0.15, -0.1) is 11.3 Å². The second kappa shape index (κ2) is 6.77. The summed E-state index contributed by atoms with van der Waals surface area (Å²) in [7, 11) is 1.34. The van der Waals surface area contributed by atoms with Crippen LogP contribution in [-0.2, 0) is 9.53 Å². The molecule has 134 valence electrons. The fourth-order valence-corrected chi connectivity index (χ4v) is 4.02. The molecule has 2 heterocycles. The molecule has 1 N–H and O–H groups in total. The fourth-order valence-electron chi connectivity index (χ4n) is 3.28. The van der Waals surface area contributed by atoms with E-state index < -0.39 is 17.8 Å². The Morgan fingerprint density at radius 2 is 2.23 bits per heavy atom. The fraction of sp³-hybridized carbons (Fsp3) is 0.278. The lowest BCUT2D eigenvalue weighted by atomic mass is 9.92. The largest absolute Gasteiger partial charge is 0.494 e. The Balaban J connectivity index is 2.06. The number of hydrogen-bond acceptors (Lipinski definition) is 5. The predicted molar refractivity (Wildman–Crippen MR) is 91.8 cm³/mol. The van der Waals surface area contributed by atoms with E-state index in [2.05, 4.69) is 0 Å². The van der Waals surface area contributed by atoms with Crippen LogP contribution in [-0.4, -0.2) is 35.0 Å². The van der Waals surface area contributed by atoms with Crippen molar-refractivity contribution in [3.8, 4) is 6.07 Å². The molecule has 1 atom stereocenters. The third-order valence-electron chi connectivity index (χ3n) is 4.44. The summed E-state index contributed by atoms with van der Waals surface area (Å²) in [5.41, 5.74) is 1.54. The number of ether oxygens (including phenoxy) is 1. The minimum Gasteiger partial charge on any atom is -0.494 e. The van der Waals surface area contributed by atoms with Gasteiger partial charge < -0.3 is 14.7 Å². The van der Waals surface area contributed by atoms with Crippen LogP contribution in [0.5, 0.6) is 0 Å². The van der Waals surface area contributed by atoms with Crippen LogP contribution >= 0.6 is 11.3 Å². The van der Waals surface area contributed by atoms with Gasteiger partial charge >= 0.3 is 5.97 Å². The van der Waals surface area contributed by atoms with Gasteiger partial charge in [0.2, 0.25) is 0 Å². The molecule has 26 heavy (non-hydrogen) atoms. The number of carbonyl (C=O) groups is 2. The van der Waals surface area contributed by atoms with Gasteiger partial charge in [-0.1, -0.05) is 0 Å². The summed E-state index contributed by atoms with van der Waals surface area (Å²) in [4.78, 5) is 26.4. The zero-order valence-corrected chi connectivity index (χ0v) is 14.9. The Labute approximate surface area is 153 Å². The molecule has 1 aliphatic heterocycles. The lowest BCUT2D eigenvalue weighted by Gasteiger charge is -2.28. The maximum Gasteiger partial charge on any atom is 0.307 e. The Hall–Kier alpha value is -2.92. The average Bonchev–Trinajstić information content (AvgIpc) is 3.17. The zero-order valence-electron chi connectivity index (χ0n) is 14.1. The topological polar surface area (TPSA) is 90.6 Å². The van der Waals surface area contributed by atoms with Gasteiger partial charge in [0.25, 0.3) is 5.91 Å². The second-order valence-electron chi connectivity index (χ2n) is 5.88. The van der Waals surface area contributed by atoms with E-state index in [1.165, 1.54) is 18.1 Å². The Morgan fingerprint density at radius 3 is 2.81 bits per heavy atom. The predicted octanol–water partition coefficient (Wildman–Crippen LogP) is 3.35. The molecule has 1 aliphatic carbocycles. The summed E-state index contributed by atoms with van der Waals surface area (Å²) in [6, 6.07) is 4.45. The first-order chi connectivity index (χ1) is 12.4. The first kappa shape index (κ1) is 17.9. The highest BCUT2D eigenvalue weighted by atomic mass is 32.1. The smallest absolute Gasteiger partial charge is 0.307 e. The number of fused-ring (bicyclic) bond motifs is 1. The number of methoxy groups -OCH3 is 1. The zero-order chi connectivity index (χ0) is 19.0. The highest BCUT2D eigenvalue weighted by Crippen LogP contribution is 2.43. The van der Waals surface area contributed by atoms with Crippen molar-refractivity contribution < 1.29 is 23.8 Å². The number of rotatable bonds is 4. The van der Waals surface area contributed by atoms with Crippen LogP contribution in [0, 0.1) is 11.3 Å². The number of hydrogen-bond donors (Lipinski definition) is 1. The molecule has 0 fully saturated rings. The minimum absolute atomic E-state index is 0.0455. The molecule has 0 saturated carbocycles. The van der Waals surface area contributed by atoms with E-state index in [1.807, 2.05) is 6.07 Å². The molecule has 1 aromatic rings. The number of nitriles is 1. The summed E-state index contributed by atoms with van der Waals surface area (Å²) in [6.45, 7) is 1.65. The number of thiophene rings is 1. The van der Waals surface area contributed by atoms with Gasteiger partial charge in [-0.2, -0.15) is 5.26 Å². The van der Waals surface area contributed by atoms with E-state index in [-0.39, 0.29) is 24.5 Å². The van der Waals surface area contributed by atoms with Gasteiger partial charge in [0.05, 0.1) is 24.4 Å². The first-order valence-electron chi connectivity index (χ1n) is 7.77. The summed E-state index contributed by atoms with van der Waals surface area (Å²) in [6.07, 6.45) is 1.11. The van der Waals surface area contributed by atoms with E-state index in [0.717, 1.165) is 11.3 Å². The van der Waals surface area contributed by atoms with Crippen molar-refractivity contribution in [2.45, 2.75) is 25.8 Å². The number of carboxylic acids is 1. The van der Waals surface area contributed by atoms with Crippen LogP contribution in [0.4, 0.5) is 4.39 Å². The summed E-state index contributed by atoms with van der Waals surface area (Å²) in [5.74, 6) is -1.86. The van der Waals surface area contributed by atoms with Gasteiger partial charge in [0, 0.05) is 12.1 Å². The standard InChI is InChI=1S/C18H15FN2O4S/c1-9-11(6-17(22)23)12-5-15(25-2)13(19)7-14(12)21(9)18(24)16-4-3-10(8-20)26-16/h3-5,14H,6-7H2,1-2H3,(H,22,23). The van der Waals surface area contributed by atoms with Crippen LogP contribution in [0.25, 0.3) is 0 Å². The van der Waals surface area contributed by atoms with Crippen LogP contribution < -0.4 is 0 Å². The van der Waals surface area contributed by atoms with Gasteiger partial charge in [0.15, 0.2) is 5.76 Å². The van der Waals surface area contributed by atoms with Crippen molar-refractivity contribution in [2.75, 3.05) is 7.11 Å². The maximum atomic E-state index is 14.3. The van der Waals surface area contributed by atoms with Crippen molar-refractivity contribution in [1.29, 1.82) is 5.26 Å². The molecule has 1 aromatic heterocycles. The molecule has 2 aliphatic rings. The monoisotopic (exact) mass is 374 g/mol. The van der Waals surface area contributed by atoms with Gasteiger partial charge in [-0.3, -0.25) is 9.59 Å². The summed E-state index contributed by atoms with van der Waals surface area (Å²) >= 11 is 1.05. The molecule has 0 radical (unpaired) electrons. The molecule has 6 nitrogen and oxygen atoms in total. The SMILES string of the molecule is COC1=C(F)CC2C(=C1)C(CC(=O)O)=C(C)N2C(=O)c1ccc(C#N)s1. The van der Waals surface area contributed by atoms with E-state index >= 15 is 0 Å². The van der Waals surface area contributed by atoms with E-state index in [0.29, 0.717) is 26.6 Å². The Morgan fingerprint density at radius 1 is 1.50 bits per heavy atom. The third kappa shape index (κ3) is 2.91. The summed E-state index contributed by atoms with van der Waals surface area (Å²) in [5, 5.41) is 18.2. The Kier molecular flexibility index (Phi) is 4.66. The molecule has 0 spiro atoms. The summed E-state index contributed by atoms with van der Waals surface area (Å²) < 4.78 is 19.3. The lowest BCUT2D eigenvalue weighted by Crippen LogP contribution is -2.36. The lowest BCUT2D eigenvalue weighted by molar-refractivity contribution is -0.136. The van der Waals surface area contributed by atoms with Crippen molar-refractivity contribution in [2.24, 2.45) is 0 Å². The molecule has 1 unspecified atom stereocenters. The number of carbonyl (C=O) groups excluding carboxylic acids is 1. The van der Waals surface area contributed by atoms with Gasteiger partial charge in [-0.05, 0) is 36.3 Å². The quantitative estimate of drug-likeness (QED) is 0.873. The molecular weight excluding hydrogens is 359 g/mol. The average molecular weight is 374 g/mol. The molecular formula is C18H15FN2O4S. The normalized spacial score (nSPS) is 19.2. The van der Waals surface area contributed by atoms with Crippen molar-refractivity contribution in [3.63, 3.8) is 0 Å². The maximum absolute atomic E-state index is 14.3. The number of halogens is 1. The highest BCUT2D eigenvalue weighted by Gasteiger charge is 2.42. The van der Waals surface area contributed by atoms with Gasteiger partial charge in [-0.25, -0.2) is 4.39 Å². The van der Waals surface area contributed by atoms with Crippen LogP contribution in [0.15, 0.2) is 46.6 Å². The number of carboxylic acid groups (broad SMARTS) is 1. The van der Waals surface area contributed by atoms with Crippen LogP contribution in [0.1, 0.15) is 34.3 Å². The highest BCUT2D eigenvalue weighted by molar-refractivity contribution is 7.14. The number of nitrogens with zero attached hydrogens (tertiary/aromatic N) is 2. The van der Waals surface area contributed by atoms with Crippen molar-refractivity contribution >= 4 is 23.2 Å². The van der Waals surface area contributed by atoms with Crippen molar-refractivity contribution in [3.05, 3.63) is 56.4 Å². The second-order valence-corrected chi connectivity index (χ2v) is 6.96.